The summed E-state index contributed by atoms with van der Waals surface area (Å²) in [5, 5.41) is 6.35. The molecule has 1 rings (SSSR count). The SMILES string of the molecule is CCCC(C)(C)CNC(=O)C1CNCCN1C. The average molecular weight is 241 g/mol. The highest BCUT2D eigenvalue weighted by molar-refractivity contribution is 5.82. The Balaban J connectivity index is 2.38. The Labute approximate surface area is 105 Å². The van der Waals surface area contributed by atoms with E-state index in [0.29, 0.717) is 0 Å². The largest absolute Gasteiger partial charge is 0.354 e. The van der Waals surface area contributed by atoms with Gasteiger partial charge in [0.2, 0.25) is 5.91 Å². The fourth-order valence-corrected chi connectivity index (χ4v) is 2.31. The molecule has 17 heavy (non-hydrogen) atoms. The van der Waals surface area contributed by atoms with Crippen molar-refractivity contribution in [3.63, 3.8) is 0 Å². The van der Waals surface area contributed by atoms with E-state index in [0.717, 1.165) is 39.0 Å². The Bertz CT molecular complexity index is 253. The molecule has 2 N–H and O–H groups in total. The van der Waals surface area contributed by atoms with Crippen molar-refractivity contribution in [3.05, 3.63) is 0 Å². The van der Waals surface area contributed by atoms with Crippen LogP contribution in [0.5, 0.6) is 0 Å². The first-order valence-electron chi connectivity index (χ1n) is 6.65. The van der Waals surface area contributed by atoms with Crippen molar-refractivity contribution < 1.29 is 4.79 Å². The third kappa shape index (κ3) is 4.64. The van der Waals surface area contributed by atoms with Gasteiger partial charge < -0.3 is 10.6 Å². The highest BCUT2D eigenvalue weighted by Crippen LogP contribution is 2.20. The monoisotopic (exact) mass is 241 g/mol. The van der Waals surface area contributed by atoms with Crippen LogP contribution in [0.15, 0.2) is 0 Å². The topological polar surface area (TPSA) is 44.4 Å². The molecule has 1 aliphatic heterocycles. The number of piperazine rings is 1. The Morgan fingerprint density at radius 2 is 2.24 bits per heavy atom. The summed E-state index contributed by atoms with van der Waals surface area (Å²) >= 11 is 0. The molecule has 100 valence electrons. The Morgan fingerprint density at radius 3 is 2.82 bits per heavy atom. The Morgan fingerprint density at radius 1 is 1.53 bits per heavy atom. The summed E-state index contributed by atoms with van der Waals surface area (Å²) in [5.74, 6) is 0.156. The van der Waals surface area contributed by atoms with Gasteiger partial charge in [-0.1, -0.05) is 27.2 Å². The molecule has 0 bridgehead atoms. The van der Waals surface area contributed by atoms with Crippen molar-refractivity contribution in [1.29, 1.82) is 0 Å². The molecule has 1 aliphatic rings. The predicted molar refractivity (Wildman–Crippen MR) is 71.0 cm³/mol. The van der Waals surface area contributed by atoms with E-state index < -0.39 is 0 Å². The van der Waals surface area contributed by atoms with Crippen LogP contribution in [-0.4, -0.2) is 50.1 Å². The molecule has 1 amide bonds. The first-order chi connectivity index (χ1) is 7.96. The van der Waals surface area contributed by atoms with E-state index in [1.807, 2.05) is 7.05 Å². The highest BCUT2D eigenvalue weighted by Gasteiger charge is 2.27. The molecule has 0 aromatic rings. The first-order valence-corrected chi connectivity index (χ1v) is 6.65. The lowest BCUT2D eigenvalue weighted by Crippen LogP contribution is -2.57. The third-order valence-corrected chi connectivity index (χ3v) is 3.48. The molecule has 1 saturated heterocycles. The summed E-state index contributed by atoms with van der Waals surface area (Å²) in [6, 6.07) is -0.0128. The van der Waals surface area contributed by atoms with Crippen LogP contribution >= 0.6 is 0 Å². The second-order valence-corrected chi connectivity index (χ2v) is 5.83. The zero-order valence-electron chi connectivity index (χ0n) is 11.7. The molecule has 0 aromatic heterocycles. The number of carbonyl (C=O) groups excluding carboxylic acids is 1. The zero-order valence-corrected chi connectivity index (χ0v) is 11.7. The molecule has 0 aromatic carbocycles. The summed E-state index contributed by atoms with van der Waals surface area (Å²) in [5.41, 5.74) is 0.199. The summed E-state index contributed by atoms with van der Waals surface area (Å²) in [7, 11) is 2.02. The minimum atomic E-state index is -0.0128. The Kier molecular flexibility index (Phi) is 5.40. The number of hydrogen-bond donors (Lipinski definition) is 2. The van der Waals surface area contributed by atoms with Crippen molar-refractivity contribution in [2.75, 3.05) is 33.2 Å². The number of nitrogens with zero attached hydrogens (tertiary/aromatic N) is 1. The summed E-state index contributed by atoms with van der Waals surface area (Å²) in [6.07, 6.45) is 2.31. The highest BCUT2D eigenvalue weighted by atomic mass is 16.2. The van der Waals surface area contributed by atoms with Crippen LogP contribution in [0.2, 0.25) is 0 Å². The lowest BCUT2D eigenvalue weighted by molar-refractivity contribution is -0.126. The lowest BCUT2D eigenvalue weighted by atomic mass is 9.88. The van der Waals surface area contributed by atoms with Gasteiger partial charge in [-0.2, -0.15) is 0 Å². The number of likely N-dealkylation sites (N-methyl/N-ethyl adjacent to an activating group) is 1. The predicted octanol–water partition coefficient (Wildman–Crippen LogP) is 0.833. The molecule has 1 heterocycles. The van der Waals surface area contributed by atoms with Crippen molar-refractivity contribution in [2.24, 2.45) is 5.41 Å². The van der Waals surface area contributed by atoms with Gasteiger partial charge in [0.05, 0.1) is 0 Å². The molecule has 0 aliphatic carbocycles. The van der Waals surface area contributed by atoms with E-state index in [4.69, 9.17) is 0 Å². The van der Waals surface area contributed by atoms with Gasteiger partial charge in [-0.15, -0.1) is 0 Å². The first kappa shape index (κ1) is 14.5. The number of nitrogens with one attached hydrogen (secondary N) is 2. The number of carbonyl (C=O) groups is 1. The van der Waals surface area contributed by atoms with Crippen molar-refractivity contribution >= 4 is 5.91 Å². The quantitative estimate of drug-likeness (QED) is 0.749. The van der Waals surface area contributed by atoms with Crippen LogP contribution in [0.25, 0.3) is 0 Å². The van der Waals surface area contributed by atoms with Gasteiger partial charge in [-0.25, -0.2) is 0 Å². The van der Waals surface area contributed by atoms with Gasteiger partial charge in [-0.3, -0.25) is 9.69 Å². The van der Waals surface area contributed by atoms with E-state index in [2.05, 4.69) is 36.3 Å². The van der Waals surface area contributed by atoms with Gasteiger partial charge in [0.15, 0.2) is 0 Å². The van der Waals surface area contributed by atoms with Gasteiger partial charge in [0.25, 0.3) is 0 Å². The average Bonchev–Trinajstić information content (AvgIpc) is 2.27. The molecule has 4 heteroatoms. The molecule has 0 saturated carbocycles. The summed E-state index contributed by atoms with van der Waals surface area (Å²) < 4.78 is 0. The van der Waals surface area contributed by atoms with Crippen molar-refractivity contribution in [3.8, 4) is 0 Å². The minimum absolute atomic E-state index is 0.0128. The number of amides is 1. The second kappa shape index (κ2) is 6.36. The van der Waals surface area contributed by atoms with Gasteiger partial charge >= 0.3 is 0 Å². The molecule has 1 unspecified atom stereocenters. The van der Waals surface area contributed by atoms with Gasteiger partial charge in [0.1, 0.15) is 6.04 Å². The molecule has 4 nitrogen and oxygen atoms in total. The smallest absolute Gasteiger partial charge is 0.238 e. The number of rotatable bonds is 5. The van der Waals surface area contributed by atoms with Crippen LogP contribution in [0.1, 0.15) is 33.6 Å². The maximum atomic E-state index is 12.1. The van der Waals surface area contributed by atoms with Crippen molar-refractivity contribution in [2.45, 2.75) is 39.7 Å². The normalized spacial score (nSPS) is 22.5. The van der Waals surface area contributed by atoms with Gasteiger partial charge in [-0.05, 0) is 18.9 Å². The second-order valence-electron chi connectivity index (χ2n) is 5.83. The maximum absolute atomic E-state index is 12.1. The van der Waals surface area contributed by atoms with Crippen LogP contribution in [0.4, 0.5) is 0 Å². The van der Waals surface area contributed by atoms with E-state index in [1.165, 1.54) is 0 Å². The van der Waals surface area contributed by atoms with E-state index in [1.54, 1.807) is 0 Å². The van der Waals surface area contributed by atoms with Crippen LogP contribution < -0.4 is 10.6 Å². The maximum Gasteiger partial charge on any atom is 0.238 e. The summed E-state index contributed by atoms with van der Waals surface area (Å²) in [6.45, 7) is 10.0. The van der Waals surface area contributed by atoms with Crippen LogP contribution in [0.3, 0.4) is 0 Å². The van der Waals surface area contributed by atoms with Crippen molar-refractivity contribution in [1.82, 2.24) is 15.5 Å². The standard InChI is InChI=1S/C13H27N3O/c1-5-6-13(2,3)10-15-12(17)11-9-14-7-8-16(11)4/h11,14H,5-10H2,1-4H3,(H,15,17). The third-order valence-electron chi connectivity index (χ3n) is 3.48. The molecule has 1 atom stereocenters. The molecular formula is C13H27N3O. The van der Waals surface area contributed by atoms with E-state index in [9.17, 15) is 4.79 Å². The fourth-order valence-electron chi connectivity index (χ4n) is 2.31. The zero-order chi connectivity index (χ0) is 12.9. The summed E-state index contributed by atoms with van der Waals surface area (Å²) in [4.78, 5) is 14.2. The molecule has 1 fully saturated rings. The lowest BCUT2D eigenvalue weighted by Gasteiger charge is -2.33. The molecule has 0 radical (unpaired) electrons. The fraction of sp³-hybridized carbons (Fsp3) is 0.923. The molecular weight excluding hydrogens is 214 g/mol. The van der Waals surface area contributed by atoms with E-state index in [-0.39, 0.29) is 17.4 Å². The molecule has 0 spiro atoms. The minimum Gasteiger partial charge on any atom is -0.354 e. The van der Waals surface area contributed by atoms with Crippen LogP contribution in [0, 0.1) is 5.41 Å². The Hall–Kier alpha value is -0.610. The van der Waals surface area contributed by atoms with Gasteiger partial charge in [0, 0.05) is 26.2 Å². The number of hydrogen-bond acceptors (Lipinski definition) is 3. The van der Waals surface area contributed by atoms with E-state index >= 15 is 0 Å². The van der Waals surface area contributed by atoms with Crippen LogP contribution in [-0.2, 0) is 4.79 Å².